The fourth-order valence-electron chi connectivity index (χ4n) is 8.69. The zero-order chi connectivity index (χ0) is 22.0. The van der Waals surface area contributed by atoms with Gasteiger partial charge in [-0.2, -0.15) is 0 Å². The third-order valence-corrected chi connectivity index (χ3v) is 10.8. The second-order valence-electron chi connectivity index (χ2n) is 11.3. The lowest BCUT2D eigenvalue weighted by molar-refractivity contribution is -0.209. The van der Waals surface area contributed by atoms with E-state index in [1.807, 2.05) is 0 Å². The quantitative estimate of drug-likeness (QED) is 0.460. The van der Waals surface area contributed by atoms with Gasteiger partial charge in [-0.05, 0) is 92.4 Å². The maximum absolute atomic E-state index is 12.2. The molecule has 172 valence electrons. The molecule has 1 heterocycles. The lowest BCUT2D eigenvalue weighted by atomic mass is 9.43. The largest absolute Gasteiger partial charge is 0.462 e. The van der Waals surface area contributed by atoms with Crippen LogP contribution in [0.3, 0.4) is 0 Å². The SMILES string of the molecule is C[C@@]12CC[C@@H](OC(=O)CBr)C[C@@H]1CC[C@H]1[C@@H]2CC[C@]2(C)[C@H](C3=CC(=O)OC3)CC[C@]12O. The predicted molar refractivity (Wildman–Crippen MR) is 119 cm³/mol. The maximum atomic E-state index is 12.2. The Morgan fingerprint density at radius 1 is 1.16 bits per heavy atom. The molecule has 4 aliphatic carbocycles. The Labute approximate surface area is 193 Å². The first-order valence-electron chi connectivity index (χ1n) is 12.1. The first-order chi connectivity index (χ1) is 14.7. The summed E-state index contributed by atoms with van der Waals surface area (Å²) in [6.45, 7) is 5.12. The Morgan fingerprint density at radius 3 is 2.68 bits per heavy atom. The number of carbonyl (C=O) groups is 2. The summed E-state index contributed by atoms with van der Waals surface area (Å²) in [6.07, 6.45) is 10.8. The molecule has 0 saturated heterocycles. The Balaban J connectivity index is 1.37. The number of hydrogen-bond acceptors (Lipinski definition) is 5. The van der Waals surface area contributed by atoms with Gasteiger partial charge in [0.25, 0.3) is 0 Å². The van der Waals surface area contributed by atoms with Crippen LogP contribution in [0.25, 0.3) is 0 Å². The molecule has 5 aliphatic rings. The van der Waals surface area contributed by atoms with Crippen LogP contribution in [0.5, 0.6) is 0 Å². The van der Waals surface area contributed by atoms with Crippen molar-refractivity contribution in [2.24, 2.45) is 34.5 Å². The van der Waals surface area contributed by atoms with E-state index in [0.717, 1.165) is 63.4 Å². The van der Waals surface area contributed by atoms with Crippen molar-refractivity contribution in [1.29, 1.82) is 0 Å². The topological polar surface area (TPSA) is 72.8 Å². The zero-order valence-corrected chi connectivity index (χ0v) is 20.3. The van der Waals surface area contributed by atoms with Crippen molar-refractivity contribution >= 4 is 27.9 Å². The van der Waals surface area contributed by atoms with Crippen molar-refractivity contribution in [2.75, 3.05) is 11.9 Å². The van der Waals surface area contributed by atoms with E-state index in [4.69, 9.17) is 9.47 Å². The van der Waals surface area contributed by atoms with E-state index in [1.165, 1.54) is 0 Å². The number of aliphatic hydroxyl groups is 1. The number of carbonyl (C=O) groups excluding carboxylic acids is 2. The summed E-state index contributed by atoms with van der Waals surface area (Å²) in [5.74, 6) is 1.25. The van der Waals surface area contributed by atoms with Gasteiger partial charge in [-0.3, -0.25) is 4.79 Å². The van der Waals surface area contributed by atoms with Gasteiger partial charge in [0, 0.05) is 11.5 Å². The maximum Gasteiger partial charge on any atom is 0.331 e. The van der Waals surface area contributed by atoms with Gasteiger partial charge >= 0.3 is 11.9 Å². The number of hydrogen-bond donors (Lipinski definition) is 1. The van der Waals surface area contributed by atoms with Crippen molar-refractivity contribution < 1.29 is 24.2 Å². The third-order valence-electron chi connectivity index (χ3n) is 10.3. The normalized spacial score (nSPS) is 48.8. The summed E-state index contributed by atoms with van der Waals surface area (Å²) in [5.41, 5.74) is 0.456. The van der Waals surface area contributed by atoms with E-state index >= 15 is 0 Å². The molecule has 0 amide bonds. The van der Waals surface area contributed by atoms with Gasteiger partial charge in [0.2, 0.25) is 0 Å². The van der Waals surface area contributed by atoms with Crippen LogP contribution in [0.2, 0.25) is 0 Å². The number of esters is 2. The molecule has 0 spiro atoms. The first-order valence-corrected chi connectivity index (χ1v) is 13.2. The minimum Gasteiger partial charge on any atom is -0.462 e. The fraction of sp³-hybridized carbons (Fsp3) is 0.840. The van der Waals surface area contributed by atoms with Gasteiger partial charge in [-0.1, -0.05) is 29.8 Å². The molecule has 8 atom stereocenters. The summed E-state index contributed by atoms with van der Waals surface area (Å²) < 4.78 is 10.9. The number of fused-ring (bicyclic) bond motifs is 5. The number of halogens is 1. The van der Waals surface area contributed by atoms with Gasteiger partial charge < -0.3 is 14.6 Å². The minimum atomic E-state index is -0.666. The Hall–Kier alpha value is -0.880. The Bertz CT molecular complexity index is 810. The molecule has 31 heavy (non-hydrogen) atoms. The molecule has 4 fully saturated rings. The summed E-state index contributed by atoms with van der Waals surface area (Å²) in [7, 11) is 0. The van der Waals surface area contributed by atoms with E-state index in [9.17, 15) is 14.7 Å². The van der Waals surface area contributed by atoms with Gasteiger partial charge in [0.15, 0.2) is 0 Å². The van der Waals surface area contributed by atoms with Gasteiger partial charge in [-0.25, -0.2) is 4.79 Å². The second-order valence-corrected chi connectivity index (χ2v) is 11.9. The number of alkyl halides is 1. The van der Waals surface area contributed by atoms with Crippen LogP contribution < -0.4 is 0 Å². The highest BCUT2D eigenvalue weighted by Gasteiger charge is 2.67. The van der Waals surface area contributed by atoms with Crippen LogP contribution in [0, 0.1) is 34.5 Å². The molecule has 1 aliphatic heterocycles. The van der Waals surface area contributed by atoms with Crippen LogP contribution in [-0.4, -0.2) is 40.7 Å². The molecule has 0 unspecified atom stereocenters. The minimum absolute atomic E-state index is 0.0410. The van der Waals surface area contributed by atoms with E-state index < -0.39 is 5.60 Å². The number of cyclic esters (lactones) is 1. The number of rotatable bonds is 3. The molecule has 6 heteroatoms. The molecule has 0 aromatic heterocycles. The van der Waals surface area contributed by atoms with Crippen LogP contribution in [-0.2, 0) is 19.1 Å². The second kappa shape index (κ2) is 7.58. The van der Waals surface area contributed by atoms with Gasteiger partial charge in [0.05, 0.1) is 5.60 Å². The molecule has 0 aromatic rings. The predicted octanol–water partition coefficient (Wildman–Crippen LogP) is 4.55. The highest BCUT2D eigenvalue weighted by Crippen LogP contribution is 2.70. The molecule has 0 bridgehead atoms. The third kappa shape index (κ3) is 3.18. The highest BCUT2D eigenvalue weighted by atomic mass is 79.9. The summed E-state index contributed by atoms with van der Waals surface area (Å²) in [4.78, 5) is 23.5. The van der Waals surface area contributed by atoms with Crippen LogP contribution in [0.1, 0.15) is 71.6 Å². The van der Waals surface area contributed by atoms with Crippen molar-refractivity contribution in [3.8, 4) is 0 Å². The van der Waals surface area contributed by atoms with Crippen molar-refractivity contribution in [3.63, 3.8) is 0 Å². The summed E-state index contributed by atoms with van der Waals surface area (Å²) in [6, 6.07) is 0. The molecule has 5 nitrogen and oxygen atoms in total. The standard InChI is InChI=1S/C25H35BrO5/c1-23-8-5-17(31-22(28)13-26)12-16(23)3-4-20-19(23)6-9-24(2)18(7-10-25(20,24)29)15-11-21(27)30-14-15/h11,16-20,29H,3-10,12-14H2,1-2H3/t16-,17+,18-,19-,20-,23+,24+,25-/m0/s1. The monoisotopic (exact) mass is 494 g/mol. The molecular weight excluding hydrogens is 460 g/mol. The van der Waals surface area contributed by atoms with Gasteiger partial charge in [0.1, 0.15) is 18.0 Å². The Morgan fingerprint density at radius 2 is 1.97 bits per heavy atom. The van der Waals surface area contributed by atoms with E-state index in [2.05, 4.69) is 29.8 Å². The molecule has 4 saturated carbocycles. The molecular formula is C25H35BrO5. The average Bonchev–Trinajstić information content (AvgIpc) is 3.28. The highest BCUT2D eigenvalue weighted by molar-refractivity contribution is 9.09. The van der Waals surface area contributed by atoms with E-state index in [0.29, 0.717) is 24.4 Å². The molecule has 0 radical (unpaired) electrons. The number of ether oxygens (including phenoxy) is 2. The smallest absolute Gasteiger partial charge is 0.331 e. The van der Waals surface area contributed by atoms with E-state index in [-0.39, 0.29) is 40.1 Å². The first kappa shape index (κ1) is 21.9. The van der Waals surface area contributed by atoms with Crippen LogP contribution >= 0.6 is 15.9 Å². The van der Waals surface area contributed by atoms with Crippen molar-refractivity contribution in [2.45, 2.75) is 83.3 Å². The van der Waals surface area contributed by atoms with Crippen molar-refractivity contribution in [3.05, 3.63) is 11.6 Å². The average molecular weight is 495 g/mol. The molecule has 1 N–H and O–H groups in total. The Kier molecular flexibility index (Phi) is 5.36. The van der Waals surface area contributed by atoms with Gasteiger partial charge in [-0.15, -0.1) is 0 Å². The summed E-state index contributed by atoms with van der Waals surface area (Å²) in [5, 5.41) is 12.5. The lowest BCUT2D eigenvalue weighted by Gasteiger charge is -2.63. The zero-order valence-electron chi connectivity index (χ0n) is 18.7. The van der Waals surface area contributed by atoms with Crippen LogP contribution in [0.4, 0.5) is 0 Å². The lowest BCUT2D eigenvalue weighted by Crippen LogP contribution is -2.62. The summed E-state index contributed by atoms with van der Waals surface area (Å²) >= 11 is 3.20. The van der Waals surface area contributed by atoms with Crippen molar-refractivity contribution in [1.82, 2.24) is 0 Å². The van der Waals surface area contributed by atoms with Crippen LogP contribution in [0.15, 0.2) is 11.6 Å². The van der Waals surface area contributed by atoms with E-state index in [1.54, 1.807) is 6.08 Å². The molecule has 0 aromatic carbocycles. The molecule has 5 rings (SSSR count). The fourth-order valence-corrected chi connectivity index (χ4v) is 8.83.